The van der Waals surface area contributed by atoms with Gasteiger partial charge >= 0.3 is 0 Å². The molecule has 22 heavy (non-hydrogen) atoms. The molecule has 2 rings (SSSR count). The summed E-state index contributed by atoms with van der Waals surface area (Å²) in [5.74, 6) is 1.13. The van der Waals surface area contributed by atoms with E-state index in [1.54, 1.807) is 12.1 Å². The van der Waals surface area contributed by atoms with Crippen molar-refractivity contribution < 1.29 is 5.11 Å². The van der Waals surface area contributed by atoms with Gasteiger partial charge in [-0.25, -0.2) is 0 Å². The first-order chi connectivity index (χ1) is 10.4. The molecule has 2 N–H and O–H groups in total. The normalized spacial score (nSPS) is 20.9. The first kappa shape index (κ1) is 17.1. The zero-order valence-electron chi connectivity index (χ0n) is 14.4. The Morgan fingerprint density at radius 3 is 2.64 bits per heavy atom. The van der Waals surface area contributed by atoms with Crippen LogP contribution in [0.1, 0.15) is 58.4 Å². The third kappa shape index (κ3) is 4.88. The summed E-state index contributed by atoms with van der Waals surface area (Å²) in [5, 5.41) is 13.0. The highest BCUT2D eigenvalue weighted by Crippen LogP contribution is 2.38. The average Bonchev–Trinajstić information content (AvgIpc) is 2.46. The Bertz CT molecular complexity index is 489. The molecule has 0 bridgehead atoms. The Labute approximate surface area is 135 Å². The predicted molar refractivity (Wildman–Crippen MR) is 93.9 cm³/mol. The van der Waals surface area contributed by atoms with E-state index in [1.165, 1.54) is 43.2 Å². The van der Waals surface area contributed by atoms with E-state index in [1.807, 2.05) is 12.1 Å². The Morgan fingerprint density at radius 2 is 2.00 bits per heavy atom. The van der Waals surface area contributed by atoms with Crippen LogP contribution in [0.5, 0.6) is 5.75 Å². The van der Waals surface area contributed by atoms with Gasteiger partial charge in [-0.1, -0.05) is 38.1 Å². The molecule has 0 saturated heterocycles. The van der Waals surface area contributed by atoms with E-state index in [0.29, 0.717) is 11.8 Å². The van der Waals surface area contributed by atoms with Crippen molar-refractivity contribution in [1.82, 2.24) is 5.32 Å². The largest absolute Gasteiger partial charge is 0.508 e. The fourth-order valence-electron chi connectivity index (χ4n) is 3.51. The minimum Gasteiger partial charge on any atom is -0.508 e. The first-order valence-corrected chi connectivity index (χ1v) is 8.55. The Hall–Kier alpha value is -1.28. The predicted octanol–water partition coefficient (Wildman–Crippen LogP) is 5.03. The van der Waals surface area contributed by atoms with Gasteiger partial charge in [-0.2, -0.15) is 0 Å². The first-order valence-electron chi connectivity index (χ1n) is 8.55. The molecule has 0 spiro atoms. The lowest BCUT2D eigenvalue weighted by molar-refractivity contribution is 0.182. The molecule has 1 aromatic carbocycles. The van der Waals surface area contributed by atoms with Crippen molar-refractivity contribution >= 4 is 0 Å². The molecule has 2 heteroatoms. The second kappa shape index (κ2) is 7.32. The molecule has 1 aliphatic rings. The Balaban J connectivity index is 1.85. The molecule has 0 heterocycles. The summed E-state index contributed by atoms with van der Waals surface area (Å²) in [7, 11) is 0. The summed E-state index contributed by atoms with van der Waals surface area (Å²) < 4.78 is 0. The molecule has 1 aliphatic carbocycles. The number of allylic oxidation sites excluding steroid dienone is 1. The number of nitrogens with one attached hydrogen (secondary N) is 1. The zero-order valence-corrected chi connectivity index (χ0v) is 14.4. The van der Waals surface area contributed by atoms with Crippen molar-refractivity contribution in [2.75, 3.05) is 0 Å². The van der Waals surface area contributed by atoms with Crippen molar-refractivity contribution in [3.63, 3.8) is 0 Å². The molecule has 2 unspecified atom stereocenters. The van der Waals surface area contributed by atoms with Crippen molar-refractivity contribution in [2.24, 2.45) is 11.3 Å². The molecule has 1 aromatic rings. The monoisotopic (exact) mass is 301 g/mol. The van der Waals surface area contributed by atoms with Gasteiger partial charge < -0.3 is 10.4 Å². The molecule has 2 nitrogen and oxygen atoms in total. The van der Waals surface area contributed by atoms with E-state index >= 15 is 0 Å². The van der Waals surface area contributed by atoms with Gasteiger partial charge in [-0.15, -0.1) is 0 Å². The van der Waals surface area contributed by atoms with E-state index in [0.717, 1.165) is 12.5 Å². The van der Waals surface area contributed by atoms with E-state index in [2.05, 4.69) is 32.7 Å². The van der Waals surface area contributed by atoms with Crippen LogP contribution >= 0.6 is 0 Å². The van der Waals surface area contributed by atoms with Crippen molar-refractivity contribution in [3.05, 3.63) is 42.0 Å². The Morgan fingerprint density at radius 1 is 1.32 bits per heavy atom. The number of aromatic hydroxyl groups is 1. The third-order valence-corrected chi connectivity index (χ3v) is 5.26. The zero-order chi connectivity index (χ0) is 16.2. The van der Waals surface area contributed by atoms with Gasteiger partial charge in [0.15, 0.2) is 0 Å². The van der Waals surface area contributed by atoms with Gasteiger partial charge in [0.2, 0.25) is 0 Å². The lowest BCUT2D eigenvalue weighted by Crippen LogP contribution is -2.40. The maximum Gasteiger partial charge on any atom is 0.115 e. The standard InChI is InChI=1S/C20H31NO/c1-15-6-5-7-18(12-15)13-20(3,4)16(2)21-14-17-8-10-19(22)11-9-17/h8-11,16,18,21-22H,1,5-7,12-14H2,2-4H3. The van der Waals surface area contributed by atoms with Crippen LogP contribution in [0.4, 0.5) is 0 Å². The van der Waals surface area contributed by atoms with Crippen LogP contribution in [-0.4, -0.2) is 11.1 Å². The van der Waals surface area contributed by atoms with Crippen LogP contribution in [0.25, 0.3) is 0 Å². The molecular formula is C20H31NO. The average molecular weight is 301 g/mol. The quantitative estimate of drug-likeness (QED) is 0.722. The van der Waals surface area contributed by atoms with Gasteiger partial charge in [0.1, 0.15) is 5.75 Å². The fraction of sp³-hybridized carbons (Fsp3) is 0.600. The van der Waals surface area contributed by atoms with Crippen LogP contribution in [0.2, 0.25) is 0 Å². The summed E-state index contributed by atoms with van der Waals surface area (Å²) in [5.41, 5.74) is 2.93. The number of phenols is 1. The van der Waals surface area contributed by atoms with Gasteiger partial charge in [0, 0.05) is 12.6 Å². The molecule has 1 fully saturated rings. The number of benzene rings is 1. The van der Waals surface area contributed by atoms with Crippen LogP contribution in [0, 0.1) is 11.3 Å². The molecule has 122 valence electrons. The highest BCUT2D eigenvalue weighted by atomic mass is 16.3. The minimum atomic E-state index is 0.277. The fourth-order valence-corrected chi connectivity index (χ4v) is 3.51. The van der Waals surface area contributed by atoms with Crippen LogP contribution < -0.4 is 5.32 Å². The van der Waals surface area contributed by atoms with Gasteiger partial charge in [-0.3, -0.25) is 0 Å². The molecule has 0 aromatic heterocycles. The van der Waals surface area contributed by atoms with Crippen molar-refractivity contribution in [1.29, 1.82) is 0 Å². The second-order valence-electron chi connectivity index (χ2n) is 7.67. The van der Waals surface area contributed by atoms with Gasteiger partial charge in [-0.05, 0) is 68.1 Å². The van der Waals surface area contributed by atoms with E-state index in [4.69, 9.17) is 0 Å². The Kier molecular flexibility index (Phi) is 5.69. The van der Waals surface area contributed by atoms with Crippen molar-refractivity contribution in [3.8, 4) is 5.75 Å². The van der Waals surface area contributed by atoms with Crippen molar-refractivity contribution in [2.45, 2.75) is 65.5 Å². The minimum absolute atomic E-state index is 0.277. The summed E-state index contributed by atoms with van der Waals surface area (Å²) in [4.78, 5) is 0. The molecule has 1 saturated carbocycles. The van der Waals surface area contributed by atoms with Gasteiger partial charge in [0.05, 0.1) is 0 Å². The lowest BCUT2D eigenvalue weighted by Gasteiger charge is -2.37. The summed E-state index contributed by atoms with van der Waals surface area (Å²) >= 11 is 0. The number of rotatable bonds is 6. The van der Waals surface area contributed by atoms with Crippen LogP contribution in [0.15, 0.2) is 36.4 Å². The number of hydrogen-bond acceptors (Lipinski definition) is 2. The molecular weight excluding hydrogens is 270 g/mol. The molecule has 2 atom stereocenters. The maximum absolute atomic E-state index is 9.34. The maximum atomic E-state index is 9.34. The van der Waals surface area contributed by atoms with E-state index in [-0.39, 0.29) is 5.41 Å². The molecule has 0 radical (unpaired) electrons. The summed E-state index contributed by atoms with van der Waals surface area (Å²) in [6.07, 6.45) is 6.37. The lowest BCUT2D eigenvalue weighted by atomic mass is 9.72. The van der Waals surface area contributed by atoms with Crippen LogP contribution in [-0.2, 0) is 6.54 Å². The smallest absolute Gasteiger partial charge is 0.115 e. The summed E-state index contributed by atoms with van der Waals surface area (Å²) in [6, 6.07) is 7.91. The second-order valence-corrected chi connectivity index (χ2v) is 7.67. The third-order valence-electron chi connectivity index (χ3n) is 5.26. The highest BCUT2D eigenvalue weighted by Gasteiger charge is 2.30. The highest BCUT2D eigenvalue weighted by molar-refractivity contribution is 5.25. The summed E-state index contributed by atoms with van der Waals surface area (Å²) in [6.45, 7) is 12.1. The van der Waals surface area contributed by atoms with Crippen LogP contribution in [0.3, 0.4) is 0 Å². The van der Waals surface area contributed by atoms with E-state index in [9.17, 15) is 5.11 Å². The molecule has 0 amide bonds. The van der Waals surface area contributed by atoms with E-state index < -0.39 is 0 Å². The molecule has 0 aliphatic heterocycles. The topological polar surface area (TPSA) is 32.3 Å². The van der Waals surface area contributed by atoms with Gasteiger partial charge in [0.25, 0.3) is 0 Å². The number of hydrogen-bond donors (Lipinski definition) is 2. The SMILES string of the molecule is C=C1CCCC(CC(C)(C)C(C)NCc2ccc(O)cc2)C1. The number of phenolic OH excluding ortho intramolecular Hbond substituents is 1.